The monoisotopic (exact) mass is 326 g/mol. The van der Waals surface area contributed by atoms with Crippen LogP contribution < -0.4 is 10.5 Å². The summed E-state index contributed by atoms with van der Waals surface area (Å²) in [6, 6.07) is 9.34. The van der Waals surface area contributed by atoms with E-state index in [1.54, 1.807) is 4.90 Å². The molecule has 1 aliphatic rings. The predicted octanol–water partition coefficient (Wildman–Crippen LogP) is 0.729. The van der Waals surface area contributed by atoms with Gasteiger partial charge in [-0.1, -0.05) is 18.2 Å². The van der Waals surface area contributed by atoms with E-state index < -0.39 is 11.8 Å². The summed E-state index contributed by atoms with van der Waals surface area (Å²) in [6.07, 6.45) is 4.29. The van der Waals surface area contributed by atoms with Crippen LogP contribution in [-0.2, 0) is 4.79 Å². The zero-order chi connectivity index (χ0) is 16.9. The highest BCUT2D eigenvalue weighted by Gasteiger charge is 2.39. The maximum absolute atomic E-state index is 12.5. The molecule has 24 heavy (non-hydrogen) atoms. The average Bonchev–Trinajstić information content (AvgIpc) is 3.05. The van der Waals surface area contributed by atoms with Crippen LogP contribution in [0.1, 0.15) is 10.4 Å². The first-order valence-electron chi connectivity index (χ1n) is 7.66. The molecule has 124 valence electrons. The normalized spacial score (nSPS) is 19.9. The second-order valence-corrected chi connectivity index (χ2v) is 5.73. The molecule has 0 spiro atoms. The highest BCUT2D eigenvalue weighted by molar-refractivity contribution is 5.94. The fourth-order valence-electron chi connectivity index (χ4n) is 2.84. The Balaban J connectivity index is 1.68. The molecule has 0 radical (unpaired) electrons. The first-order valence-corrected chi connectivity index (χ1v) is 7.66. The Hall–Kier alpha value is -2.96. The van der Waals surface area contributed by atoms with Crippen molar-refractivity contribution in [3.8, 4) is 5.75 Å². The molecule has 0 unspecified atom stereocenters. The van der Waals surface area contributed by atoms with E-state index in [1.165, 1.54) is 18.7 Å². The zero-order valence-electron chi connectivity index (χ0n) is 13.0. The molecular formula is C17H18N4O3. The van der Waals surface area contributed by atoms with Gasteiger partial charge in [0.15, 0.2) is 0 Å². The molecule has 2 heterocycles. The highest BCUT2D eigenvalue weighted by atomic mass is 16.5. The zero-order valence-corrected chi connectivity index (χ0v) is 13.0. The van der Waals surface area contributed by atoms with E-state index in [4.69, 9.17) is 10.5 Å². The third-order valence-electron chi connectivity index (χ3n) is 4.11. The number of nitrogens with zero attached hydrogens (tertiary/aromatic N) is 3. The van der Waals surface area contributed by atoms with Crippen molar-refractivity contribution in [3.63, 3.8) is 0 Å². The number of carbonyl (C=O) groups excluding carboxylic acids is 2. The number of primary amides is 1. The predicted molar refractivity (Wildman–Crippen MR) is 86.0 cm³/mol. The van der Waals surface area contributed by atoms with Gasteiger partial charge in [0.2, 0.25) is 5.91 Å². The fraction of sp³-hybridized carbons (Fsp3) is 0.294. The number of amides is 2. The van der Waals surface area contributed by atoms with Crippen LogP contribution in [0, 0.1) is 11.8 Å². The number of ether oxygens (including phenoxy) is 1. The summed E-state index contributed by atoms with van der Waals surface area (Å²) >= 11 is 0. The second-order valence-electron chi connectivity index (χ2n) is 5.73. The quantitative estimate of drug-likeness (QED) is 0.873. The maximum Gasteiger partial charge on any atom is 0.257 e. The molecule has 1 aromatic carbocycles. The molecule has 1 saturated heterocycles. The van der Waals surface area contributed by atoms with Gasteiger partial charge in [0.1, 0.15) is 12.1 Å². The molecule has 7 heteroatoms. The molecule has 7 nitrogen and oxygen atoms in total. The van der Waals surface area contributed by atoms with Gasteiger partial charge in [0.05, 0.1) is 18.1 Å². The van der Waals surface area contributed by atoms with Crippen LogP contribution in [0.15, 0.2) is 49.1 Å². The lowest BCUT2D eigenvalue weighted by atomic mass is 9.96. The van der Waals surface area contributed by atoms with Crippen LogP contribution in [0.25, 0.3) is 0 Å². The van der Waals surface area contributed by atoms with E-state index in [-0.39, 0.29) is 18.4 Å². The molecule has 0 saturated carbocycles. The molecule has 1 aliphatic heterocycles. The molecule has 2 amide bonds. The lowest BCUT2D eigenvalue weighted by Crippen LogP contribution is -2.33. The number of hydrogen-bond donors (Lipinski definition) is 1. The minimum Gasteiger partial charge on any atom is -0.493 e. The topological polar surface area (TPSA) is 98.4 Å². The summed E-state index contributed by atoms with van der Waals surface area (Å²) in [4.78, 5) is 33.5. The van der Waals surface area contributed by atoms with E-state index in [1.807, 2.05) is 30.3 Å². The summed E-state index contributed by atoms with van der Waals surface area (Å²) in [5.41, 5.74) is 5.89. The Morgan fingerprint density at radius 2 is 1.88 bits per heavy atom. The summed E-state index contributed by atoms with van der Waals surface area (Å²) in [7, 11) is 0. The smallest absolute Gasteiger partial charge is 0.257 e. The number of hydrogen-bond acceptors (Lipinski definition) is 5. The molecule has 1 fully saturated rings. The fourth-order valence-corrected chi connectivity index (χ4v) is 2.84. The van der Waals surface area contributed by atoms with Gasteiger partial charge < -0.3 is 15.4 Å². The maximum atomic E-state index is 12.5. The molecule has 0 aliphatic carbocycles. The summed E-state index contributed by atoms with van der Waals surface area (Å²) < 4.78 is 5.73. The van der Waals surface area contributed by atoms with E-state index >= 15 is 0 Å². The first-order chi connectivity index (χ1) is 11.6. The van der Waals surface area contributed by atoms with E-state index in [9.17, 15) is 9.59 Å². The number of carbonyl (C=O) groups is 2. The molecule has 2 aromatic rings. The standard InChI is InChI=1S/C17H18N4O3/c18-16(22)15-9-21(17(23)12-6-19-11-20-7-12)8-13(15)10-24-14-4-2-1-3-5-14/h1-7,11,13,15H,8-10H2,(H2,18,22)/t13-,15+/m0/s1. The van der Waals surface area contributed by atoms with Crippen LogP contribution in [0.2, 0.25) is 0 Å². The molecule has 1 aromatic heterocycles. The van der Waals surface area contributed by atoms with Crippen LogP contribution in [0.4, 0.5) is 0 Å². The van der Waals surface area contributed by atoms with E-state index in [0.717, 1.165) is 5.75 Å². The van der Waals surface area contributed by atoms with Crippen molar-refractivity contribution in [3.05, 3.63) is 54.6 Å². The van der Waals surface area contributed by atoms with Crippen molar-refractivity contribution in [2.75, 3.05) is 19.7 Å². The van der Waals surface area contributed by atoms with Gasteiger partial charge in [-0.3, -0.25) is 9.59 Å². The SMILES string of the molecule is NC(=O)[C@@H]1CN(C(=O)c2cncnc2)C[C@H]1COc1ccccc1. The summed E-state index contributed by atoms with van der Waals surface area (Å²) in [6.45, 7) is 1.02. The number of aromatic nitrogens is 2. The summed E-state index contributed by atoms with van der Waals surface area (Å²) in [5.74, 6) is -0.471. The van der Waals surface area contributed by atoms with Crippen LogP contribution in [-0.4, -0.2) is 46.4 Å². The molecule has 2 atom stereocenters. The Morgan fingerprint density at radius 1 is 1.17 bits per heavy atom. The third-order valence-corrected chi connectivity index (χ3v) is 4.11. The largest absolute Gasteiger partial charge is 0.493 e. The van der Waals surface area contributed by atoms with Gasteiger partial charge >= 0.3 is 0 Å². The minimum atomic E-state index is -0.428. The third kappa shape index (κ3) is 3.51. The van der Waals surface area contributed by atoms with Crippen LogP contribution in [0.3, 0.4) is 0 Å². The van der Waals surface area contributed by atoms with E-state index in [0.29, 0.717) is 18.7 Å². The van der Waals surface area contributed by atoms with Crippen molar-refractivity contribution >= 4 is 11.8 Å². The van der Waals surface area contributed by atoms with Crippen LogP contribution >= 0.6 is 0 Å². The Morgan fingerprint density at radius 3 is 2.54 bits per heavy atom. The molecule has 0 bridgehead atoms. The van der Waals surface area contributed by atoms with Gasteiger partial charge in [0, 0.05) is 31.4 Å². The average molecular weight is 326 g/mol. The van der Waals surface area contributed by atoms with Gasteiger partial charge in [0.25, 0.3) is 5.91 Å². The van der Waals surface area contributed by atoms with Gasteiger partial charge in [-0.15, -0.1) is 0 Å². The number of benzene rings is 1. The van der Waals surface area contributed by atoms with Crippen molar-refractivity contribution in [2.45, 2.75) is 0 Å². The van der Waals surface area contributed by atoms with Crippen molar-refractivity contribution in [1.82, 2.24) is 14.9 Å². The Kier molecular flexibility index (Phi) is 4.69. The minimum absolute atomic E-state index is 0.142. The van der Waals surface area contributed by atoms with Crippen molar-refractivity contribution in [1.29, 1.82) is 0 Å². The number of nitrogens with two attached hydrogens (primary N) is 1. The number of likely N-dealkylation sites (tertiary alicyclic amines) is 1. The molecular weight excluding hydrogens is 308 g/mol. The van der Waals surface area contributed by atoms with Crippen LogP contribution in [0.5, 0.6) is 5.75 Å². The molecule has 2 N–H and O–H groups in total. The second kappa shape index (κ2) is 7.08. The van der Waals surface area contributed by atoms with Gasteiger partial charge in [-0.25, -0.2) is 9.97 Å². The number of rotatable bonds is 5. The van der Waals surface area contributed by atoms with Crippen molar-refractivity contribution in [2.24, 2.45) is 17.6 Å². The van der Waals surface area contributed by atoms with Gasteiger partial charge in [-0.05, 0) is 12.1 Å². The first kappa shape index (κ1) is 15.9. The lowest BCUT2D eigenvalue weighted by Gasteiger charge is -2.16. The van der Waals surface area contributed by atoms with Gasteiger partial charge in [-0.2, -0.15) is 0 Å². The highest BCUT2D eigenvalue weighted by Crippen LogP contribution is 2.25. The number of para-hydroxylation sites is 1. The van der Waals surface area contributed by atoms with E-state index in [2.05, 4.69) is 9.97 Å². The molecule has 3 rings (SSSR count). The Bertz CT molecular complexity index is 708. The summed E-state index contributed by atoms with van der Waals surface area (Å²) in [5, 5.41) is 0. The van der Waals surface area contributed by atoms with Crippen molar-refractivity contribution < 1.29 is 14.3 Å². The Labute approximate surface area is 139 Å². The lowest BCUT2D eigenvalue weighted by molar-refractivity contribution is -0.122.